The Kier molecular flexibility index (Phi) is 8.01. The van der Waals surface area contributed by atoms with E-state index in [4.69, 9.17) is 5.11 Å². The molecule has 2 N–H and O–H groups in total. The Labute approximate surface area is 104 Å². The summed E-state index contributed by atoms with van der Waals surface area (Å²) in [7, 11) is 0. The van der Waals surface area contributed by atoms with Gasteiger partial charge >= 0.3 is 0 Å². The average Bonchev–Trinajstić information content (AvgIpc) is 2.38. The zero-order valence-electron chi connectivity index (χ0n) is 10.3. The summed E-state index contributed by atoms with van der Waals surface area (Å²) < 4.78 is 0. The molecule has 1 aromatic carbocycles. The summed E-state index contributed by atoms with van der Waals surface area (Å²) in [6, 6.07) is 10.0. The second-order valence-electron chi connectivity index (χ2n) is 3.98. The van der Waals surface area contributed by atoms with Crippen LogP contribution in [0.4, 0.5) is 0 Å². The molecule has 17 heavy (non-hydrogen) atoms. The third-order valence-electron chi connectivity index (χ3n) is 2.48. The van der Waals surface area contributed by atoms with Crippen LogP contribution in [0.1, 0.15) is 31.2 Å². The van der Waals surface area contributed by atoms with Gasteiger partial charge in [0.05, 0.1) is 6.54 Å². The molecule has 0 spiro atoms. The smallest absolute Gasteiger partial charge is 0.0580 e. The lowest BCUT2D eigenvalue weighted by Crippen LogP contribution is -2.15. The Balaban J connectivity index is 1.99. The van der Waals surface area contributed by atoms with Gasteiger partial charge in [0.1, 0.15) is 0 Å². The fourth-order valence-corrected chi connectivity index (χ4v) is 1.53. The minimum atomic E-state index is 0.315. The van der Waals surface area contributed by atoms with Crippen LogP contribution in [-0.2, 0) is 0 Å². The molecule has 1 rings (SSSR count). The van der Waals surface area contributed by atoms with E-state index in [0.717, 1.165) is 37.9 Å². The third kappa shape index (κ3) is 7.57. The predicted molar refractivity (Wildman–Crippen MR) is 71.7 cm³/mol. The summed E-state index contributed by atoms with van der Waals surface area (Å²) in [5, 5.41) is 11.9. The molecule has 0 aliphatic rings. The van der Waals surface area contributed by atoms with Crippen LogP contribution in [0.25, 0.3) is 0 Å². The fraction of sp³-hybridized carbons (Fsp3) is 0.467. The molecule has 0 bridgehead atoms. The summed E-state index contributed by atoms with van der Waals surface area (Å²) >= 11 is 0. The molecule has 0 atom stereocenters. The van der Waals surface area contributed by atoms with E-state index in [1.807, 2.05) is 30.3 Å². The zero-order valence-corrected chi connectivity index (χ0v) is 10.3. The molecule has 0 aliphatic carbocycles. The van der Waals surface area contributed by atoms with Crippen molar-refractivity contribution >= 4 is 0 Å². The van der Waals surface area contributed by atoms with Crippen LogP contribution in [0.2, 0.25) is 0 Å². The Morgan fingerprint density at radius 2 is 1.76 bits per heavy atom. The maximum Gasteiger partial charge on any atom is 0.0580 e. The van der Waals surface area contributed by atoms with Crippen molar-refractivity contribution in [2.75, 3.05) is 19.7 Å². The molecular formula is C15H21NO. The number of hydrogen-bond acceptors (Lipinski definition) is 2. The van der Waals surface area contributed by atoms with Crippen molar-refractivity contribution in [3.05, 3.63) is 35.9 Å². The number of benzene rings is 1. The number of aliphatic hydroxyl groups excluding tert-OH is 1. The molecule has 0 unspecified atom stereocenters. The van der Waals surface area contributed by atoms with Crippen LogP contribution >= 0.6 is 0 Å². The van der Waals surface area contributed by atoms with Crippen molar-refractivity contribution in [3.63, 3.8) is 0 Å². The largest absolute Gasteiger partial charge is 0.396 e. The van der Waals surface area contributed by atoms with Crippen LogP contribution in [0, 0.1) is 11.8 Å². The molecule has 2 heteroatoms. The number of unbranched alkanes of at least 4 members (excludes halogenated alkanes) is 3. The van der Waals surface area contributed by atoms with Crippen LogP contribution in [0.15, 0.2) is 30.3 Å². The summed E-state index contributed by atoms with van der Waals surface area (Å²) in [4.78, 5) is 0. The van der Waals surface area contributed by atoms with Crippen LogP contribution < -0.4 is 5.32 Å². The van der Waals surface area contributed by atoms with Crippen molar-refractivity contribution in [2.24, 2.45) is 0 Å². The van der Waals surface area contributed by atoms with Gasteiger partial charge in [0.2, 0.25) is 0 Å². The maximum absolute atomic E-state index is 8.61. The highest BCUT2D eigenvalue weighted by atomic mass is 16.2. The summed E-state index contributed by atoms with van der Waals surface area (Å²) in [6.45, 7) is 2.07. The number of rotatable bonds is 7. The lowest BCUT2D eigenvalue weighted by molar-refractivity contribution is 0.282. The Morgan fingerprint density at radius 1 is 1.00 bits per heavy atom. The molecule has 0 aromatic heterocycles. The Bertz CT molecular complexity index is 337. The Hall–Kier alpha value is -1.30. The summed E-state index contributed by atoms with van der Waals surface area (Å²) in [5.74, 6) is 6.21. The van der Waals surface area contributed by atoms with Crippen LogP contribution in [-0.4, -0.2) is 24.8 Å². The lowest BCUT2D eigenvalue weighted by Gasteiger charge is -1.99. The normalized spacial score (nSPS) is 9.71. The van der Waals surface area contributed by atoms with E-state index in [9.17, 15) is 0 Å². The minimum Gasteiger partial charge on any atom is -0.396 e. The van der Waals surface area contributed by atoms with Gasteiger partial charge in [-0.15, -0.1) is 0 Å². The third-order valence-corrected chi connectivity index (χ3v) is 2.48. The van der Waals surface area contributed by atoms with Gasteiger partial charge in [-0.25, -0.2) is 0 Å². The zero-order chi connectivity index (χ0) is 12.2. The first-order valence-corrected chi connectivity index (χ1v) is 6.29. The highest BCUT2D eigenvalue weighted by Crippen LogP contribution is 1.97. The average molecular weight is 231 g/mol. The van der Waals surface area contributed by atoms with E-state index >= 15 is 0 Å². The topological polar surface area (TPSA) is 32.3 Å². The summed E-state index contributed by atoms with van der Waals surface area (Å²) in [6.07, 6.45) is 4.38. The molecule has 0 radical (unpaired) electrons. The molecule has 2 nitrogen and oxygen atoms in total. The van der Waals surface area contributed by atoms with Gasteiger partial charge in [0.25, 0.3) is 0 Å². The monoisotopic (exact) mass is 231 g/mol. The SMILES string of the molecule is OCCCCCCNCC#Cc1ccccc1. The standard InChI is InChI=1S/C15H21NO/c17-14-7-2-1-6-12-16-13-8-11-15-9-4-3-5-10-15/h3-5,9-10,16-17H,1-2,6-7,12-14H2. The highest BCUT2D eigenvalue weighted by Gasteiger charge is 1.88. The highest BCUT2D eigenvalue weighted by molar-refractivity contribution is 5.33. The van der Waals surface area contributed by atoms with E-state index in [0.29, 0.717) is 6.61 Å². The van der Waals surface area contributed by atoms with Gasteiger partial charge in [-0.1, -0.05) is 42.9 Å². The van der Waals surface area contributed by atoms with Gasteiger partial charge in [-0.2, -0.15) is 0 Å². The lowest BCUT2D eigenvalue weighted by atomic mass is 10.2. The molecule has 0 saturated heterocycles. The van der Waals surface area contributed by atoms with E-state index in [2.05, 4.69) is 17.2 Å². The van der Waals surface area contributed by atoms with E-state index < -0.39 is 0 Å². The molecule has 0 aliphatic heterocycles. The van der Waals surface area contributed by atoms with Gasteiger partial charge in [0, 0.05) is 12.2 Å². The second-order valence-corrected chi connectivity index (χ2v) is 3.98. The Morgan fingerprint density at radius 3 is 2.53 bits per heavy atom. The number of aliphatic hydroxyl groups is 1. The molecule has 0 saturated carbocycles. The quantitative estimate of drug-likeness (QED) is 0.557. The van der Waals surface area contributed by atoms with Crippen LogP contribution in [0.3, 0.4) is 0 Å². The predicted octanol–water partition coefficient (Wildman–Crippen LogP) is 2.18. The number of hydrogen-bond donors (Lipinski definition) is 2. The molecule has 92 valence electrons. The van der Waals surface area contributed by atoms with Crippen molar-refractivity contribution in [3.8, 4) is 11.8 Å². The van der Waals surface area contributed by atoms with Crippen LogP contribution in [0.5, 0.6) is 0 Å². The van der Waals surface area contributed by atoms with E-state index in [1.165, 1.54) is 6.42 Å². The minimum absolute atomic E-state index is 0.315. The molecule has 0 fully saturated rings. The van der Waals surface area contributed by atoms with Crippen molar-refractivity contribution < 1.29 is 5.11 Å². The number of nitrogens with one attached hydrogen (secondary N) is 1. The second kappa shape index (κ2) is 9.89. The first-order chi connectivity index (χ1) is 8.43. The fourth-order valence-electron chi connectivity index (χ4n) is 1.53. The van der Waals surface area contributed by atoms with E-state index in [1.54, 1.807) is 0 Å². The molecule has 0 heterocycles. The summed E-state index contributed by atoms with van der Waals surface area (Å²) in [5.41, 5.74) is 1.07. The van der Waals surface area contributed by atoms with Gasteiger partial charge in [0.15, 0.2) is 0 Å². The van der Waals surface area contributed by atoms with Crippen molar-refractivity contribution in [1.29, 1.82) is 0 Å². The maximum atomic E-state index is 8.61. The van der Waals surface area contributed by atoms with Gasteiger partial charge in [-0.3, -0.25) is 0 Å². The van der Waals surface area contributed by atoms with Crippen molar-refractivity contribution in [2.45, 2.75) is 25.7 Å². The van der Waals surface area contributed by atoms with Gasteiger partial charge in [-0.05, 0) is 31.5 Å². The van der Waals surface area contributed by atoms with Gasteiger partial charge < -0.3 is 10.4 Å². The van der Waals surface area contributed by atoms with Crippen molar-refractivity contribution in [1.82, 2.24) is 5.32 Å². The molecular weight excluding hydrogens is 210 g/mol. The molecule has 1 aromatic rings. The first-order valence-electron chi connectivity index (χ1n) is 6.29. The molecule has 0 amide bonds. The first kappa shape index (κ1) is 13.8. The van der Waals surface area contributed by atoms with E-state index in [-0.39, 0.29) is 0 Å².